The van der Waals surface area contributed by atoms with Gasteiger partial charge < -0.3 is 19.9 Å². The molecule has 0 fully saturated rings. The minimum Gasteiger partial charge on any atom is -0.472 e. The number of benzene rings is 1. The first-order valence-corrected chi connectivity index (χ1v) is 5.40. The summed E-state index contributed by atoms with van der Waals surface area (Å²) in [6.07, 6.45) is 2.98. The molecule has 0 saturated heterocycles. The number of ether oxygens (including phenoxy) is 3. The summed E-state index contributed by atoms with van der Waals surface area (Å²) in [7, 11) is 0. The van der Waals surface area contributed by atoms with Gasteiger partial charge in [0, 0.05) is 0 Å². The summed E-state index contributed by atoms with van der Waals surface area (Å²) in [5.74, 6) is 2.21. The molecule has 2 aromatic rings. The number of nitrogens with zero attached hydrogens (tertiary/aromatic N) is 2. The van der Waals surface area contributed by atoms with Crippen LogP contribution < -0.4 is 19.9 Å². The number of hydrogen-bond donors (Lipinski definition) is 1. The number of anilines is 1. The molecule has 18 heavy (non-hydrogen) atoms. The van der Waals surface area contributed by atoms with E-state index in [4.69, 9.17) is 19.9 Å². The number of nitrogen functional groups attached to an aromatic ring is 1. The van der Waals surface area contributed by atoms with Gasteiger partial charge in [-0.3, -0.25) is 4.98 Å². The molecule has 1 aliphatic heterocycles. The first-order valence-electron chi connectivity index (χ1n) is 5.40. The minimum absolute atomic E-state index is 0.264. The van der Waals surface area contributed by atoms with Gasteiger partial charge in [-0.2, -0.15) is 4.98 Å². The number of hydrogen-bond acceptors (Lipinski definition) is 6. The Balaban J connectivity index is 1.70. The quantitative estimate of drug-likeness (QED) is 0.879. The van der Waals surface area contributed by atoms with Gasteiger partial charge in [-0.1, -0.05) is 6.07 Å². The predicted octanol–water partition coefficient (Wildman–Crippen LogP) is 1.37. The summed E-state index contributed by atoms with van der Waals surface area (Å²) >= 11 is 0. The molecule has 0 bridgehead atoms. The second-order valence-corrected chi connectivity index (χ2v) is 3.76. The Morgan fingerprint density at radius 3 is 3.00 bits per heavy atom. The van der Waals surface area contributed by atoms with Crippen molar-refractivity contribution >= 4 is 5.82 Å². The molecule has 6 heteroatoms. The highest BCUT2D eigenvalue weighted by Gasteiger charge is 2.13. The molecule has 2 heterocycles. The zero-order valence-corrected chi connectivity index (χ0v) is 9.50. The van der Waals surface area contributed by atoms with Crippen LogP contribution in [0.3, 0.4) is 0 Å². The lowest BCUT2D eigenvalue weighted by atomic mass is 10.2. The zero-order chi connectivity index (χ0) is 12.4. The second-order valence-electron chi connectivity index (χ2n) is 3.76. The van der Waals surface area contributed by atoms with Crippen LogP contribution in [-0.2, 0) is 6.61 Å². The van der Waals surface area contributed by atoms with Gasteiger partial charge in [-0.15, -0.1) is 0 Å². The topological polar surface area (TPSA) is 79.5 Å². The van der Waals surface area contributed by atoms with Gasteiger partial charge >= 0.3 is 0 Å². The van der Waals surface area contributed by atoms with Crippen molar-refractivity contribution in [3.63, 3.8) is 0 Å². The predicted molar refractivity (Wildman–Crippen MR) is 63.3 cm³/mol. The third-order valence-electron chi connectivity index (χ3n) is 2.45. The zero-order valence-electron chi connectivity index (χ0n) is 9.50. The fraction of sp³-hybridized carbons (Fsp3) is 0.167. The lowest BCUT2D eigenvalue weighted by molar-refractivity contribution is 0.174. The maximum Gasteiger partial charge on any atom is 0.234 e. The van der Waals surface area contributed by atoms with E-state index in [0.717, 1.165) is 17.1 Å². The van der Waals surface area contributed by atoms with Crippen LogP contribution in [0.1, 0.15) is 5.56 Å². The first-order chi connectivity index (χ1) is 8.81. The molecule has 0 aliphatic carbocycles. The van der Waals surface area contributed by atoms with Crippen molar-refractivity contribution in [3.8, 4) is 17.4 Å². The van der Waals surface area contributed by atoms with Gasteiger partial charge in [0.25, 0.3) is 0 Å². The van der Waals surface area contributed by atoms with Crippen molar-refractivity contribution in [1.29, 1.82) is 0 Å². The van der Waals surface area contributed by atoms with E-state index >= 15 is 0 Å². The van der Waals surface area contributed by atoms with Crippen molar-refractivity contribution in [2.24, 2.45) is 0 Å². The Hall–Kier alpha value is -2.50. The number of rotatable bonds is 3. The lowest BCUT2D eigenvalue weighted by Crippen LogP contribution is -2.00. The van der Waals surface area contributed by atoms with Crippen molar-refractivity contribution < 1.29 is 14.2 Å². The number of fused-ring (bicyclic) bond motifs is 1. The van der Waals surface area contributed by atoms with Crippen LogP contribution in [0.25, 0.3) is 0 Å². The summed E-state index contributed by atoms with van der Waals surface area (Å²) in [4.78, 5) is 7.89. The van der Waals surface area contributed by atoms with Gasteiger partial charge in [-0.05, 0) is 17.7 Å². The summed E-state index contributed by atoms with van der Waals surface area (Å²) < 4.78 is 16.0. The molecule has 0 atom stereocenters. The Morgan fingerprint density at radius 1 is 1.22 bits per heavy atom. The Kier molecular flexibility index (Phi) is 2.60. The molecule has 0 radical (unpaired) electrons. The van der Waals surface area contributed by atoms with Gasteiger partial charge in [0.15, 0.2) is 11.5 Å². The minimum atomic E-state index is 0.264. The number of nitrogens with two attached hydrogens (primary N) is 1. The van der Waals surface area contributed by atoms with Crippen LogP contribution in [0.15, 0.2) is 30.6 Å². The molecule has 92 valence electrons. The largest absolute Gasteiger partial charge is 0.472 e. The number of aromatic nitrogens is 2. The van der Waals surface area contributed by atoms with Crippen molar-refractivity contribution in [2.75, 3.05) is 12.5 Å². The van der Waals surface area contributed by atoms with Crippen LogP contribution in [0.4, 0.5) is 5.82 Å². The summed E-state index contributed by atoms with van der Waals surface area (Å²) in [5.41, 5.74) is 6.47. The Bertz CT molecular complexity index is 574. The first kappa shape index (κ1) is 10.6. The van der Waals surface area contributed by atoms with E-state index < -0.39 is 0 Å². The lowest BCUT2D eigenvalue weighted by Gasteiger charge is -2.06. The average molecular weight is 245 g/mol. The maximum absolute atomic E-state index is 5.51. The van der Waals surface area contributed by atoms with E-state index in [1.54, 1.807) is 0 Å². The standard InChI is InChI=1S/C12H11N3O3/c13-11-4-14-5-12(15-11)16-6-8-1-2-9-10(3-8)18-7-17-9/h1-5H,6-7H2,(H2,13,15). The molecule has 1 aromatic heterocycles. The van der Waals surface area contributed by atoms with Crippen molar-refractivity contribution in [1.82, 2.24) is 9.97 Å². The van der Waals surface area contributed by atoms with E-state index in [9.17, 15) is 0 Å². The summed E-state index contributed by atoms with van der Waals surface area (Å²) in [6.45, 7) is 0.634. The van der Waals surface area contributed by atoms with Crippen LogP contribution >= 0.6 is 0 Å². The van der Waals surface area contributed by atoms with E-state index in [2.05, 4.69) is 9.97 Å². The van der Waals surface area contributed by atoms with E-state index in [1.165, 1.54) is 12.4 Å². The molecular formula is C12H11N3O3. The highest BCUT2D eigenvalue weighted by molar-refractivity contribution is 5.44. The van der Waals surface area contributed by atoms with Gasteiger partial charge in [0.2, 0.25) is 12.7 Å². The molecule has 0 unspecified atom stereocenters. The summed E-state index contributed by atoms with van der Waals surface area (Å²) in [6, 6.07) is 5.64. The van der Waals surface area contributed by atoms with Crippen LogP contribution in [0, 0.1) is 0 Å². The summed E-state index contributed by atoms with van der Waals surface area (Å²) in [5, 5.41) is 0. The van der Waals surface area contributed by atoms with Crippen LogP contribution in [0.2, 0.25) is 0 Å². The molecule has 0 spiro atoms. The molecule has 6 nitrogen and oxygen atoms in total. The Labute approximate surface area is 103 Å². The average Bonchev–Trinajstić information content (AvgIpc) is 2.84. The fourth-order valence-corrected chi connectivity index (χ4v) is 1.62. The SMILES string of the molecule is Nc1cncc(OCc2ccc3c(c2)OCO3)n1. The second kappa shape index (κ2) is 4.40. The van der Waals surface area contributed by atoms with Crippen LogP contribution in [-0.4, -0.2) is 16.8 Å². The normalized spacial score (nSPS) is 12.4. The molecule has 3 rings (SSSR count). The van der Waals surface area contributed by atoms with Gasteiger partial charge in [0.05, 0.1) is 12.4 Å². The monoisotopic (exact) mass is 245 g/mol. The third-order valence-corrected chi connectivity index (χ3v) is 2.45. The van der Waals surface area contributed by atoms with Crippen molar-refractivity contribution in [2.45, 2.75) is 6.61 Å². The van der Waals surface area contributed by atoms with Gasteiger partial charge in [0.1, 0.15) is 12.4 Å². The maximum atomic E-state index is 5.51. The van der Waals surface area contributed by atoms with Crippen LogP contribution in [0.5, 0.6) is 17.4 Å². The smallest absolute Gasteiger partial charge is 0.234 e. The van der Waals surface area contributed by atoms with E-state index in [-0.39, 0.29) is 6.79 Å². The van der Waals surface area contributed by atoms with E-state index in [0.29, 0.717) is 18.3 Å². The van der Waals surface area contributed by atoms with Crippen molar-refractivity contribution in [3.05, 3.63) is 36.2 Å². The molecule has 0 saturated carbocycles. The molecular weight excluding hydrogens is 234 g/mol. The van der Waals surface area contributed by atoms with E-state index in [1.807, 2.05) is 18.2 Å². The molecule has 0 amide bonds. The molecule has 1 aliphatic rings. The third kappa shape index (κ3) is 2.13. The highest BCUT2D eigenvalue weighted by Crippen LogP contribution is 2.32. The Morgan fingerprint density at radius 2 is 2.11 bits per heavy atom. The highest BCUT2D eigenvalue weighted by atomic mass is 16.7. The molecule has 1 aromatic carbocycles. The molecule has 2 N–H and O–H groups in total. The van der Waals surface area contributed by atoms with Gasteiger partial charge in [-0.25, -0.2) is 0 Å². The fourth-order valence-electron chi connectivity index (χ4n) is 1.62.